The molecule has 3 heteroatoms. The molecule has 0 aliphatic rings. The van der Waals surface area contributed by atoms with Crippen LogP contribution in [0.25, 0.3) is 0 Å². The van der Waals surface area contributed by atoms with E-state index in [0.29, 0.717) is 14.9 Å². The molecular formula is C11H13BrCl2. The lowest BCUT2D eigenvalue weighted by Crippen LogP contribution is -1.89. The Morgan fingerprint density at radius 2 is 2.00 bits per heavy atom. The van der Waals surface area contributed by atoms with Crippen molar-refractivity contribution in [1.29, 1.82) is 0 Å². The monoisotopic (exact) mass is 294 g/mol. The fourth-order valence-corrected chi connectivity index (χ4v) is 2.17. The Morgan fingerprint density at radius 3 is 2.57 bits per heavy atom. The maximum atomic E-state index is 5.94. The number of hydrogen-bond acceptors (Lipinski definition) is 0. The molecule has 0 spiro atoms. The second-order valence-electron chi connectivity index (χ2n) is 3.28. The Bertz CT molecular complexity index is 299. The highest BCUT2D eigenvalue weighted by molar-refractivity contribution is 9.09. The van der Waals surface area contributed by atoms with E-state index in [1.807, 2.05) is 18.2 Å². The highest BCUT2D eigenvalue weighted by Gasteiger charge is 2.08. The lowest BCUT2D eigenvalue weighted by atomic mass is 10.1. The van der Waals surface area contributed by atoms with Gasteiger partial charge >= 0.3 is 0 Å². The van der Waals surface area contributed by atoms with Gasteiger partial charge in [0, 0.05) is 4.83 Å². The first kappa shape index (κ1) is 12.4. The molecule has 1 rings (SSSR count). The molecule has 0 fully saturated rings. The minimum Gasteiger partial charge on any atom is -0.0839 e. The van der Waals surface area contributed by atoms with Gasteiger partial charge < -0.3 is 0 Å². The van der Waals surface area contributed by atoms with Crippen molar-refractivity contribution in [3.8, 4) is 0 Å². The van der Waals surface area contributed by atoms with Crippen LogP contribution >= 0.6 is 39.1 Å². The standard InChI is InChI=1S/C11H13BrCl2/c1-2-3-4-9(12)8-5-6-10(13)11(14)7-8/h5-7,9H,2-4H2,1H3. The molecule has 1 atom stereocenters. The van der Waals surface area contributed by atoms with Gasteiger partial charge in [0.25, 0.3) is 0 Å². The first-order valence-corrected chi connectivity index (χ1v) is 6.41. The van der Waals surface area contributed by atoms with Crippen LogP contribution in [-0.4, -0.2) is 0 Å². The van der Waals surface area contributed by atoms with Gasteiger partial charge in [-0.1, -0.05) is 65.0 Å². The van der Waals surface area contributed by atoms with E-state index < -0.39 is 0 Å². The Morgan fingerprint density at radius 1 is 1.29 bits per heavy atom. The molecule has 0 N–H and O–H groups in total. The lowest BCUT2D eigenvalue weighted by molar-refractivity contribution is 0.713. The number of unbranched alkanes of at least 4 members (excludes halogenated alkanes) is 1. The smallest absolute Gasteiger partial charge is 0.0595 e. The molecule has 0 saturated carbocycles. The van der Waals surface area contributed by atoms with Crippen LogP contribution in [-0.2, 0) is 0 Å². The first-order valence-electron chi connectivity index (χ1n) is 4.74. The molecule has 0 bridgehead atoms. The summed E-state index contributed by atoms with van der Waals surface area (Å²) in [7, 11) is 0. The van der Waals surface area contributed by atoms with Crippen LogP contribution < -0.4 is 0 Å². The van der Waals surface area contributed by atoms with Gasteiger partial charge in [-0.15, -0.1) is 0 Å². The largest absolute Gasteiger partial charge is 0.0839 e. The van der Waals surface area contributed by atoms with Gasteiger partial charge in [0.1, 0.15) is 0 Å². The van der Waals surface area contributed by atoms with Crippen LogP contribution in [0.1, 0.15) is 36.6 Å². The highest BCUT2D eigenvalue weighted by atomic mass is 79.9. The van der Waals surface area contributed by atoms with E-state index in [-0.39, 0.29) is 0 Å². The maximum Gasteiger partial charge on any atom is 0.0595 e. The van der Waals surface area contributed by atoms with E-state index in [9.17, 15) is 0 Å². The molecular weight excluding hydrogens is 283 g/mol. The van der Waals surface area contributed by atoms with Crippen molar-refractivity contribution in [2.75, 3.05) is 0 Å². The fraction of sp³-hybridized carbons (Fsp3) is 0.455. The van der Waals surface area contributed by atoms with Crippen LogP contribution in [0.2, 0.25) is 10.0 Å². The van der Waals surface area contributed by atoms with Gasteiger partial charge in [0.2, 0.25) is 0 Å². The quantitative estimate of drug-likeness (QED) is 0.632. The van der Waals surface area contributed by atoms with Crippen molar-refractivity contribution >= 4 is 39.1 Å². The molecule has 78 valence electrons. The third-order valence-corrected chi connectivity index (χ3v) is 3.84. The van der Waals surface area contributed by atoms with Crippen molar-refractivity contribution in [2.24, 2.45) is 0 Å². The minimum atomic E-state index is 0.386. The van der Waals surface area contributed by atoms with E-state index in [1.165, 1.54) is 18.4 Å². The van der Waals surface area contributed by atoms with Crippen molar-refractivity contribution in [2.45, 2.75) is 31.0 Å². The summed E-state index contributed by atoms with van der Waals surface area (Å²) in [6, 6.07) is 5.79. The molecule has 0 amide bonds. The van der Waals surface area contributed by atoms with E-state index in [2.05, 4.69) is 22.9 Å². The average molecular weight is 296 g/mol. The van der Waals surface area contributed by atoms with Gasteiger partial charge in [-0.3, -0.25) is 0 Å². The third-order valence-electron chi connectivity index (χ3n) is 2.12. The van der Waals surface area contributed by atoms with Gasteiger partial charge in [-0.05, 0) is 24.1 Å². The second-order valence-corrected chi connectivity index (χ2v) is 5.20. The molecule has 0 aromatic heterocycles. The van der Waals surface area contributed by atoms with Crippen LogP contribution in [0, 0.1) is 0 Å². The average Bonchev–Trinajstić information content (AvgIpc) is 2.18. The van der Waals surface area contributed by atoms with Crippen LogP contribution in [0.4, 0.5) is 0 Å². The third kappa shape index (κ3) is 3.45. The first-order chi connectivity index (χ1) is 6.65. The van der Waals surface area contributed by atoms with Gasteiger partial charge in [0.15, 0.2) is 0 Å². The van der Waals surface area contributed by atoms with Crippen molar-refractivity contribution in [3.05, 3.63) is 33.8 Å². The summed E-state index contributed by atoms with van der Waals surface area (Å²) < 4.78 is 0. The Kier molecular flexibility index (Phi) is 5.29. The summed E-state index contributed by atoms with van der Waals surface area (Å²) in [5, 5.41) is 1.25. The minimum absolute atomic E-state index is 0.386. The summed E-state index contributed by atoms with van der Waals surface area (Å²) in [6.07, 6.45) is 3.56. The molecule has 0 saturated heterocycles. The van der Waals surface area contributed by atoms with Crippen molar-refractivity contribution in [1.82, 2.24) is 0 Å². The molecule has 0 heterocycles. The van der Waals surface area contributed by atoms with Gasteiger partial charge in [-0.2, -0.15) is 0 Å². The van der Waals surface area contributed by atoms with Crippen molar-refractivity contribution in [3.63, 3.8) is 0 Å². The summed E-state index contributed by atoms with van der Waals surface area (Å²) in [6.45, 7) is 2.19. The zero-order valence-electron chi connectivity index (χ0n) is 8.06. The maximum absolute atomic E-state index is 5.94. The fourth-order valence-electron chi connectivity index (χ4n) is 1.26. The molecule has 14 heavy (non-hydrogen) atoms. The zero-order valence-corrected chi connectivity index (χ0v) is 11.2. The van der Waals surface area contributed by atoms with Crippen molar-refractivity contribution < 1.29 is 0 Å². The molecule has 1 aromatic rings. The zero-order chi connectivity index (χ0) is 10.6. The molecule has 0 nitrogen and oxygen atoms in total. The normalized spacial score (nSPS) is 12.9. The number of rotatable bonds is 4. The van der Waals surface area contributed by atoms with E-state index in [4.69, 9.17) is 23.2 Å². The second kappa shape index (κ2) is 5.99. The molecule has 0 aliphatic heterocycles. The Labute approximate surface area is 104 Å². The number of hydrogen-bond donors (Lipinski definition) is 0. The lowest BCUT2D eigenvalue weighted by Gasteiger charge is -2.10. The van der Waals surface area contributed by atoms with Crippen LogP contribution in [0.5, 0.6) is 0 Å². The molecule has 0 aliphatic carbocycles. The van der Waals surface area contributed by atoms with E-state index in [1.54, 1.807) is 0 Å². The number of alkyl halides is 1. The van der Waals surface area contributed by atoms with Gasteiger partial charge in [0.05, 0.1) is 10.0 Å². The highest BCUT2D eigenvalue weighted by Crippen LogP contribution is 2.32. The van der Waals surface area contributed by atoms with Crippen LogP contribution in [0.3, 0.4) is 0 Å². The molecule has 1 aromatic carbocycles. The summed E-state index contributed by atoms with van der Waals surface area (Å²) in [4.78, 5) is 0.386. The van der Waals surface area contributed by atoms with Gasteiger partial charge in [-0.25, -0.2) is 0 Å². The topological polar surface area (TPSA) is 0 Å². The predicted molar refractivity (Wildman–Crippen MR) is 67.7 cm³/mol. The summed E-state index contributed by atoms with van der Waals surface area (Å²) in [5.41, 5.74) is 1.20. The SMILES string of the molecule is CCCCC(Br)c1ccc(Cl)c(Cl)c1. The number of halogens is 3. The summed E-state index contributed by atoms with van der Waals surface area (Å²) in [5.74, 6) is 0. The Balaban J connectivity index is 2.70. The molecule has 0 radical (unpaired) electrons. The molecule has 1 unspecified atom stereocenters. The number of benzene rings is 1. The van der Waals surface area contributed by atoms with E-state index in [0.717, 1.165) is 6.42 Å². The predicted octanol–water partition coefficient (Wildman–Crippen LogP) is 5.62. The van der Waals surface area contributed by atoms with Crippen LogP contribution in [0.15, 0.2) is 18.2 Å². The Hall–Kier alpha value is 0.280. The summed E-state index contributed by atoms with van der Waals surface area (Å²) >= 11 is 15.4. The van der Waals surface area contributed by atoms with E-state index >= 15 is 0 Å².